The summed E-state index contributed by atoms with van der Waals surface area (Å²) >= 11 is 0. The first kappa shape index (κ1) is 23.3. The van der Waals surface area contributed by atoms with Crippen LogP contribution >= 0.6 is 0 Å². The first-order valence-electron chi connectivity index (χ1n) is 11.7. The molecule has 182 valence electrons. The van der Waals surface area contributed by atoms with E-state index in [9.17, 15) is 22.4 Å². The monoisotopic (exact) mass is 484 g/mol. The van der Waals surface area contributed by atoms with E-state index in [1.807, 2.05) is 18.2 Å². The molecular formula is C27H24F4N2O2. The summed E-state index contributed by atoms with van der Waals surface area (Å²) in [6, 6.07) is 12.0. The van der Waals surface area contributed by atoms with Gasteiger partial charge in [-0.1, -0.05) is 18.2 Å². The van der Waals surface area contributed by atoms with Crippen molar-refractivity contribution in [1.82, 2.24) is 4.98 Å². The van der Waals surface area contributed by atoms with Gasteiger partial charge in [0.15, 0.2) is 6.10 Å². The van der Waals surface area contributed by atoms with Gasteiger partial charge in [0.1, 0.15) is 17.4 Å². The molecule has 4 nitrogen and oxygen atoms in total. The maximum absolute atomic E-state index is 14.7. The predicted octanol–water partition coefficient (Wildman–Crippen LogP) is 6.65. The van der Waals surface area contributed by atoms with Crippen LogP contribution in [0.1, 0.15) is 49.3 Å². The van der Waals surface area contributed by atoms with Crippen LogP contribution in [-0.2, 0) is 11.2 Å². The smallest absolute Gasteiger partial charge is 0.265 e. The van der Waals surface area contributed by atoms with E-state index < -0.39 is 29.6 Å². The van der Waals surface area contributed by atoms with Crippen molar-refractivity contribution in [3.63, 3.8) is 0 Å². The van der Waals surface area contributed by atoms with Crippen molar-refractivity contribution >= 4 is 11.6 Å². The Morgan fingerprint density at radius 3 is 2.57 bits per heavy atom. The van der Waals surface area contributed by atoms with Crippen LogP contribution in [-0.4, -0.2) is 22.9 Å². The van der Waals surface area contributed by atoms with Crippen LogP contribution in [0.3, 0.4) is 0 Å². The third-order valence-electron chi connectivity index (χ3n) is 6.76. The van der Waals surface area contributed by atoms with Crippen molar-refractivity contribution in [2.24, 2.45) is 0 Å². The second-order valence-electron chi connectivity index (χ2n) is 9.12. The third kappa shape index (κ3) is 4.88. The summed E-state index contributed by atoms with van der Waals surface area (Å²) < 4.78 is 62.3. The van der Waals surface area contributed by atoms with Crippen molar-refractivity contribution < 1.29 is 27.1 Å². The highest BCUT2D eigenvalue weighted by atomic mass is 19.3. The van der Waals surface area contributed by atoms with E-state index in [1.165, 1.54) is 12.3 Å². The molecule has 0 spiro atoms. The van der Waals surface area contributed by atoms with Crippen molar-refractivity contribution in [2.75, 3.05) is 5.32 Å². The fourth-order valence-corrected chi connectivity index (χ4v) is 4.87. The Morgan fingerprint density at radius 1 is 1.00 bits per heavy atom. The molecule has 8 heteroatoms. The Kier molecular flexibility index (Phi) is 6.21. The maximum atomic E-state index is 14.7. The molecule has 1 atom stereocenters. The van der Waals surface area contributed by atoms with Crippen LogP contribution in [0.5, 0.6) is 5.75 Å². The number of halogens is 4. The number of nitrogens with one attached hydrogen (secondary N) is 1. The number of anilines is 1. The minimum atomic E-state index is -2.74. The Bertz CT molecular complexity index is 1250. The molecule has 35 heavy (non-hydrogen) atoms. The molecule has 2 heterocycles. The number of aromatic nitrogens is 1. The topological polar surface area (TPSA) is 51.2 Å². The fourth-order valence-electron chi connectivity index (χ4n) is 4.87. The molecule has 5 rings (SSSR count). The number of carbonyl (C=O) groups excluding carboxylic acids is 1. The molecule has 1 saturated carbocycles. The fraction of sp³-hybridized carbons (Fsp3) is 0.333. The molecule has 0 radical (unpaired) electrons. The predicted molar refractivity (Wildman–Crippen MR) is 124 cm³/mol. The standard InChI is InChI=1S/C27H24F4N2O2/c28-18-6-7-21(29)20(15-18)19-11-14-32-24(17-9-12-27(30,31)13-10-17)25(19)33-26(34)23-8-5-16-3-1-2-4-22(16)35-23/h1-4,6-7,11,14-15,17,23H,5,8-10,12-13H2,(H,33,34). The number of alkyl halides is 2. The van der Waals surface area contributed by atoms with E-state index in [1.54, 1.807) is 6.07 Å². The van der Waals surface area contributed by atoms with Crippen molar-refractivity contribution in [3.8, 4) is 16.9 Å². The van der Waals surface area contributed by atoms with Gasteiger partial charge in [0, 0.05) is 36.1 Å². The Morgan fingerprint density at radius 2 is 1.77 bits per heavy atom. The average molecular weight is 484 g/mol. The largest absolute Gasteiger partial charge is 0.480 e. The molecule has 1 aliphatic heterocycles. The molecule has 1 amide bonds. The lowest BCUT2D eigenvalue weighted by Gasteiger charge is -2.30. The molecule has 0 saturated heterocycles. The highest BCUT2D eigenvalue weighted by molar-refractivity contribution is 5.99. The van der Waals surface area contributed by atoms with Gasteiger partial charge in [0.25, 0.3) is 5.91 Å². The van der Waals surface area contributed by atoms with Crippen molar-refractivity contribution in [3.05, 3.63) is 77.6 Å². The first-order valence-corrected chi connectivity index (χ1v) is 11.7. The zero-order valence-electron chi connectivity index (χ0n) is 18.9. The second-order valence-corrected chi connectivity index (χ2v) is 9.12. The molecule has 2 aromatic carbocycles. The number of pyridine rings is 1. The van der Waals surface area contributed by atoms with Crippen LogP contribution in [0, 0.1) is 11.6 Å². The van der Waals surface area contributed by atoms with Crippen LogP contribution < -0.4 is 10.1 Å². The normalized spacial score (nSPS) is 19.5. The molecule has 0 bridgehead atoms. The van der Waals surface area contributed by atoms with E-state index >= 15 is 0 Å². The van der Waals surface area contributed by atoms with Gasteiger partial charge < -0.3 is 10.1 Å². The lowest BCUT2D eigenvalue weighted by atomic mass is 9.83. The van der Waals surface area contributed by atoms with Crippen molar-refractivity contribution in [1.29, 1.82) is 0 Å². The summed E-state index contributed by atoms with van der Waals surface area (Å²) in [4.78, 5) is 17.7. The molecule has 1 aliphatic carbocycles. The summed E-state index contributed by atoms with van der Waals surface area (Å²) in [5, 5.41) is 2.84. The quantitative estimate of drug-likeness (QED) is 0.422. The molecular weight excluding hydrogens is 460 g/mol. The summed E-state index contributed by atoms with van der Waals surface area (Å²) in [5.41, 5.74) is 1.81. The minimum Gasteiger partial charge on any atom is -0.480 e. The number of amides is 1. The Labute approximate surface area is 200 Å². The van der Waals surface area contributed by atoms with E-state index in [4.69, 9.17) is 4.74 Å². The van der Waals surface area contributed by atoms with Crippen LogP contribution in [0.2, 0.25) is 0 Å². The Hall–Kier alpha value is -3.42. The summed E-state index contributed by atoms with van der Waals surface area (Å²) in [6.07, 6.45) is 1.48. The molecule has 2 aliphatic rings. The minimum absolute atomic E-state index is 0.0417. The third-order valence-corrected chi connectivity index (χ3v) is 6.76. The maximum Gasteiger partial charge on any atom is 0.265 e. The number of rotatable bonds is 4. The van der Waals surface area contributed by atoms with Gasteiger partial charge in [-0.15, -0.1) is 0 Å². The second kappa shape index (κ2) is 9.32. The lowest BCUT2D eigenvalue weighted by Crippen LogP contribution is -2.36. The van der Waals surface area contributed by atoms with Crippen LogP contribution in [0.25, 0.3) is 11.1 Å². The van der Waals surface area contributed by atoms with Crippen LogP contribution in [0.15, 0.2) is 54.7 Å². The number of fused-ring (bicyclic) bond motifs is 1. The van der Waals surface area contributed by atoms with Gasteiger partial charge in [0.05, 0.1) is 11.4 Å². The van der Waals surface area contributed by atoms with Gasteiger partial charge in [-0.05, 0) is 61.6 Å². The number of para-hydroxylation sites is 1. The van der Waals surface area contributed by atoms with Gasteiger partial charge in [-0.3, -0.25) is 9.78 Å². The van der Waals surface area contributed by atoms with E-state index in [0.717, 1.165) is 23.8 Å². The van der Waals surface area contributed by atoms with E-state index in [2.05, 4.69) is 10.3 Å². The summed E-state index contributed by atoms with van der Waals surface area (Å²) in [5.74, 6) is -4.23. The lowest BCUT2D eigenvalue weighted by molar-refractivity contribution is -0.123. The number of hydrogen-bond donors (Lipinski definition) is 1. The van der Waals surface area contributed by atoms with Gasteiger partial charge in [-0.2, -0.15) is 0 Å². The summed E-state index contributed by atoms with van der Waals surface area (Å²) in [7, 11) is 0. The number of benzene rings is 2. The number of aryl methyl sites for hydroxylation is 1. The number of ether oxygens (including phenoxy) is 1. The highest BCUT2D eigenvalue weighted by Crippen LogP contribution is 2.44. The molecule has 1 aromatic heterocycles. The number of hydrogen-bond acceptors (Lipinski definition) is 3. The number of carbonyl (C=O) groups is 1. The molecule has 1 unspecified atom stereocenters. The highest BCUT2D eigenvalue weighted by Gasteiger charge is 2.37. The van der Waals surface area contributed by atoms with Gasteiger partial charge >= 0.3 is 0 Å². The number of nitrogens with zero attached hydrogens (tertiary/aromatic N) is 1. The van der Waals surface area contributed by atoms with Crippen molar-refractivity contribution in [2.45, 2.75) is 56.5 Å². The van der Waals surface area contributed by atoms with Gasteiger partial charge in [-0.25, -0.2) is 17.6 Å². The van der Waals surface area contributed by atoms with Gasteiger partial charge in [0.2, 0.25) is 5.92 Å². The van der Waals surface area contributed by atoms with E-state index in [0.29, 0.717) is 24.3 Å². The average Bonchev–Trinajstić information content (AvgIpc) is 2.85. The first-order chi connectivity index (χ1) is 16.8. The zero-order chi connectivity index (χ0) is 24.6. The summed E-state index contributed by atoms with van der Waals surface area (Å²) in [6.45, 7) is 0. The Balaban J connectivity index is 1.51. The zero-order valence-corrected chi connectivity index (χ0v) is 18.9. The van der Waals surface area contributed by atoms with Crippen LogP contribution in [0.4, 0.5) is 23.2 Å². The molecule has 3 aromatic rings. The molecule has 1 N–H and O–H groups in total. The SMILES string of the molecule is O=C(Nc1c(-c2cc(F)ccc2F)ccnc1C1CCC(F)(F)CC1)C1CCc2ccccc2O1. The van der Waals surface area contributed by atoms with E-state index in [-0.39, 0.29) is 48.4 Å². The molecule has 1 fully saturated rings.